The van der Waals surface area contributed by atoms with Crippen molar-refractivity contribution < 1.29 is 14.3 Å². The number of aromatic nitrogens is 1. The number of rotatable bonds is 3. The molecular formula is C12H15ClN2O3. The number of anilines is 1. The van der Waals surface area contributed by atoms with Crippen molar-refractivity contribution in [3.05, 3.63) is 22.8 Å². The van der Waals surface area contributed by atoms with Crippen LogP contribution in [0.1, 0.15) is 23.2 Å². The van der Waals surface area contributed by atoms with Gasteiger partial charge < -0.3 is 14.8 Å². The van der Waals surface area contributed by atoms with E-state index in [1.165, 1.54) is 13.2 Å². The first-order valence-electron chi connectivity index (χ1n) is 5.79. The van der Waals surface area contributed by atoms with Crippen LogP contribution in [0.15, 0.2) is 12.1 Å². The summed E-state index contributed by atoms with van der Waals surface area (Å²) in [5, 5.41) is 3.53. The number of methoxy groups -OCH3 is 1. The van der Waals surface area contributed by atoms with Gasteiger partial charge in [0.05, 0.1) is 12.7 Å². The quantitative estimate of drug-likeness (QED) is 0.673. The lowest BCUT2D eigenvalue weighted by molar-refractivity contribution is 0.0600. The van der Waals surface area contributed by atoms with Crippen LogP contribution in [-0.2, 0) is 9.47 Å². The largest absolute Gasteiger partial charge is 0.465 e. The molecule has 1 aliphatic rings. The van der Waals surface area contributed by atoms with Crippen LogP contribution in [0.3, 0.4) is 0 Å². The van der Waals surface area contributed by atoms with Gasteiger partial charge in [0.25, 0.3) is 0 Å². The number of hydrogen-bond donors (Lipinski definition) is 1. The van der Waals surface area contributed by atoms with Crippen LogP contribution in [-0.4, -0.2) is 37.3 Å². The minimum absolute atomic E-state index is 0.271. The highest BCUT2D eigenvalue weighted by Crippen LogP contribution is 2.18. The Balaban J connectivity index is 2.11. The molecule has 0 saturated carbocycles. The molecule has 1 saturated heterocycles. The minimum atomic E-state index is -0.422. The first kappa shape index (κ1) is 13.1. The molecule has 0 spiro atoms. The summed E-state index contributed by atoms with van der Waals surface area (Å²) >= 11 is 5.89. The van der Waals surface area contributed by atoms with Crippen LogP contribution in [0.4, 0.5) is 5.82 Å². The Morgan fingerprint density at radius 2 is 2.22 bits per heavy atom. The number of hydrogen-bond acceptors (Lipinski definition) is 5. The highest BCUT2D eigenvalue weighted by Gasteiger charge is 2.15. The zero-order chi connectivity index (χ0) is 13.0. The number of esters is 1. The molecule has 2 rings (SSSR count). The third-order valence-corrected chi connectivity index (χ3v) is 2.98. The monoisotopic (exact) mass is 270 g/mol. The summed E-state index contributed by atoms with van der Waals surface area (Å²) in [4.78, 5) is 15.6. The van der Waals surface area contributed by atoms with Gasteiger partial charge in [0.1, 0.15) is 11.0 Å². The Bertz CT molecular complexity index is 433. The minimum Gasteiger partial charge on any atom is -0.465 e. The molecule has 0 aliphatic carbocycles. The lowest BCUT2D eigenvalue weighted by Gasteiger charge is -2.23. The number of carbonyl (C=O) groups excluding carboxylic acids is 1. The van der Waals surface area contributed by atoms with Crippen LogP contribution < -0.4 is 5.32 Å². The van der Waals surface area contributed by atoms with E-state index in [4.69, 9.17) is 16.3 Å². The summed E-state index contributed by atoms with van der Waals surface area (Å²) in [5.74, 6) is 0.170. The van der Waals surface area contributed by atoms with E-state index in [-0.39, 0.29) is 5.15 Å². The first-order valence-corrected chi connectivity index (χ1v) is 6.17. The number of carbonyl (C=O) groups is 1. The molecule has 5 nitrogen and oxygen atoms in total. The van der Waals surface area contributed by atoms with E-state index >= 15 is 0 Å². The predicted molar refractivity (Wildman–Crippen MR) is 68.1 cm³/mol. The van der Waals surface area contributed by atoms with E-state index in [1.54, 1.807) is 6.07 Å². The lowest BCUT2D eigenvalue weighted by Crippen LogP contribution is -2.28. The second-order valence-corrected chi connectivity index (χ2v) is 4.47. The van der Waals surface area contributed by atoms with E-state index < -0.39 is 5.97 Å². The zero-order valence-corrected chi connectivity index (χ0v) is 10.9. The van der Waals surface area contributed by atoms with Crippen LogP contribution in [0.2, 0.25) is 5.15 Å². The Morgan fingerprint density at radius 3 is 2.89 bits per heavy atom. The smallest absolute Gasteiger partial charge is 0.338 e. The van der Waals surface area contributed by atoms with E-state index in [1.807, 2.05) is 0 Å². The van der Waals surface area contributed by atoms with Gasteiger partial charge in [-0.2, -0.15) is 0 Å². The highest BCUT2D eigenvalue weighted by atomic mass is 35.5. The molecule has 0 unspecified atom stereocenters. The molecular weight excluding hydrogens is 256 g/mol. The molecule has 0 radical (unpaired) electrons. The normalized spacial score (nSPS) is 16.3. The molecule has 1 fully saturated rings. The van der Waals surface area contributed by atoms with Crippen molar-refractivity contribution in [3.63, 3.8) is 0 Å². The van der Waals surface area contributed by atoms with Gasteiger partial charge in [0, 0.05) is 19.3 Å². The van der Waals surface area contributed by atoms with E-state index in [0.29, 0.717) is 17.4 Å². The molecule has 1 aromatic rings. The van der Waals surface area contributed by atoms with E-state index in [0.717, 1.165) is 26.1 Å². The highest BCUT2D eigenvalue weighted by molar-refractivity contribution is 6.29. The fraction of sp³-hybridized carbons (Fsp3) is 0.500. The molecule has 0 atom stereocenters. The summed E-state index contributed by atoms with van der Waals surface area (Å²) in [6.07, 6.45) is 1.84. The van der Waals surface area contributed by atoms with Gasteiger partial charge in [-0.1, -0.05) is 11.6 Å². The van der Waals surface area contributed by atoms with Crippen molar-refractivity contribution in [3.8, 4) is 0 Å². The molecule has 1 aliphatic heterocycles. The van der Waals surface area contributed by atoms with Crippen LogP contribution in [0, 0.1) is 0 Å². The van der Waals surface area contributed by atoms with Crippen LogP contribution in [0.5, 0.6) is 0 Å². The van der Waals surface area contributed by atoms with Crippen molar-refractivity contribution >= 4 is 23.4 Å². The lowest BCUT2D eigenvalue weighted by atomic mass is 10.1. The number of nitrogens with one attached hydrogen (secondary N) is 1. The molecule has 2 heterocycles. The fourth-order valence-corrected chi connectivity index (χ4v) is 2.07. The Labute approximate surface area is 110 Å². The number of pyridine rings is 1. The zero-order valence-electron chi connectivity index (χ0n) is 10.1. The topological polar surface area (TPSA) is 60.5 Å². The van der Waals surface area contributed by atoms with Crippen molar-refractivity contribution in [2.24, 2.45) is 0 Å². The molecule has 0 amide bonds. The van der Waals surface area contributed by atoms with Crippen molar-refractivity contribution in [1.82, 2.24) is 4.98 Å². The summed E-state index contributed by atoms with van der Waals surface area (Å²) in [6, 6.07) is 3.44. The Morgan fingerprint density at radius 1 is 1.50 bits per heavy atom. The SMILES string of the molecule is COC(=O)c1cc(Cl)nc(NC2CCOCC2)c1. The van der Waals surface area contributed by atoms with Gasteiger partial charge >= 0.3 is 5.97 Å². The molecule has 6 heteroatoms. The number of nitrogens with zero attached hydrogens (tertiary/aromatic N) is 1. The Kier molecular flexibility index (Phi) is 4.38. The second kappa shape index (κ2) is 6.02. The van der Waals surface area contributed by atoms with Gasteiger partial charge in [-0.05, 0) is 25.0 Å². The van der Waals surface area contributed by atoms with Gasteiger partial charge in [-0.25, -0.2) is 9.78 Å². The predicted octanol–water partition coefficient (Wildman–Crippen LogP) is 2.11. The summed E-state index contributed by atoms with van der Waals surface area (Å²) < 4.78 is 9.94. The van der Waals surface area contributed by atoms with Gasteiger partial charge in [0.15, 0.2) is 0 Å². The third-order valence-electron chi connectivity index (χ3n) is 2.79. The fourth-order valence-electron chi connectivity index (χ4n) is 1.86. The maximum absolute atomic E-state index is 11.5. The maximum atomic E-state index is 11.5. The molecule has 0 bridgehead atoms. The van der Waals surface area contributed by atoms with Crippen molar-refractivity contribution in [2.45, 2.75) is 18.9 Å². The number of ether oxygens (including phenoxy) is 2. The molecule has 0 aromatic carbocycles. The van der Waals surface area contributed by atoms with E-state index in [2.05, 4.69) is 15.0 Å². The van der Waals surface area contributed by atoms with E-state index in [9.17, 15) is 4.79 Å². The number of halogens is 1. The van der Waals surface area contributed by atoms with Crippen LogP contribution in [0.25, 0.3) is 0 Å². The summed E-state index contributed by atoms with van der Waals surface area (Å²) in [6.45, 7) is 1.48. The van der Waals surface area contributed by atoms with Gasteiger partial charge in [-0.3, -0.25) is 0 Å². The molecule has 98 valence electrons. The Hall–Kier alpha value is -1.33. The van der Waals surface area contributed by atoms with Crippen molar-refractivity contribution in [1.29, 1.82) is 0 Å². The van der Waals surface area contributed by atoms with Crippen LogP contribution >= 0.6 is 11.6 Å². The maximum Gasteiger partial charge on any atom is 0.338 e. The molecule has 1 aromatic heterocycles. The molecule has 1 N–H and O–H groups in total. The third kappa shape index (κ3) is 3.34. The molecule has 18 heavy (non-hydrogen) atoms. The average molecular weight is 271 g/mol. The van der Waals surface area contributed by atoms with Gasteiger partial charge in [-0.15, -0.1) is 0 Å². The standard InChI is InChI=1S/C12H15ClN2O3/c1-17-12(16)8-6-10(13)15-11(7-8)14-9-2-4-18-5-3-9/h6-7,9H,2-5H2,1H3,(H,14,15). The van der Waals surface area contributed by atoms with Crippen molar-refractivity contribution in [2.75, 3.05) is 25.6 Å². The summed E-state index contributed by atoms with van der Waals surface area (Å²) in [7, 11) is 1.34. The summed E-state index contributed by atoms with van der Waals surface area (Å²) in [5.41, 5.74) is 0.395. The van der Waals surface area contributed by atoms with Gasteiger partial charge in [0.2, 0.25) is 0 Å². The second-order valence-electron chi connectivity index (χ2n) is 4.09. The first-order chi connectivity index (χ1) is 8.69. The average Bonchev–Trinajstić information content (AvgIpc) is 2.38.